The van der Waals surface area contributed by atoms with Crippen molar-refractivity contribution in [3.63, 3.8) is 0 Å². The number of rotatable bonds is 5. The molecule has 23 heavy (non-hydrogen) atoms. The number of ether oxygens (including phenoxy) is 1. The lowest BCUT2D eigenvalue weighted by atomic mass is 10.1. The smallest absolute Gasteiger partial charge is 0.270 e. The van der Waals surface area contributed by atoms with E-state index in [2.05, 4.69) is 15.1 Å². The SMILES string of the molecule is COc1ccc([N+](=O)[O-])cc1CN1CCC(N2CCNCC2)C1. The molecular weight excluding hydrogens is 296 g/mol. The Kier molecular flexibility index (Phi) is 5.09. The number of nitrogens with one attached hydrogen (secondary N) is 1. The molecular formula is C16H24N4O3. The Morgan fingerprint density at radius 1 is 1.35 bits per heavy atom. The van der Waals surface area contributed by atoms with E-state index in [-0.39, 0.29) is 10.6 Å². The first-order chi connectivity index (χ1) is 11.2. The highest BCUT2D eigenvalue weighted by atomic mass is 16.6. The van der Waals surface area contributed by atoms with Crippen LogP contribution in [0, 0.1) is 10.1 Å². The number of piperazine rings is 1. The van der Waals surface area contributed by atoms with E-state index in [1.165, 1.54) is 6.07 Å². The molecule has 2 aliphatic heterocycles. The molecule has 7 nitrogen and oxygen atoms in total. The third-order valence-electron chi connectivity index (χ3n) is 4.78. The maximum Gasteiger partial charge on any atom is 0.270 e. The summed E-state index contributed by atoms with van der Waals surface area (Å²) >= 11 is 0. The lowest BCUT2D eigenvalue weighted by molar-refractivity contribution is -0.384. The number of methoxy groups -OCH3 is 1. The Labute approximate surface area is 136 Å². The van der Waals surface area contributed by atoms with Crippen LogP contribution in [0.1, 0.15) is 12.0 Å². The summed E-state index contributed by atoms with van der Waals surface area (Å²) < 4.78 is 5.37. The molecule has 2 saturated heterocycles. The molecule has 0 aliphatic carbocycles. The lowest BCUT2D eigenvalue weighted by Crippen LogP contribution is -2.49. The Balaban J connectivity index is 1.65. The fraction of sp³-hybridized carbons (Fsp3) is 0.625. The molecule has 3 rings (SSSR count). The zero-order chi connectivity index (χ0) is 16.2. The van der Waals surface area contributed by atoms with Crippen molar-refractivity contribution >= 4 is 5.69 Å². The minimum Gasteiger partial charge on any atom is -0.496 e. The number of non-ortho nitro benzene ring substituents is 1. The van der Waals surface area contributed by atoms with Crippen LogP contribution in [0.3, 0.4) is 0 Å². The lowest BCUT2D eigenvalue weighted by Gasteiger charge is -2.32. The van der Waals surface area contributed by atoms with E-state index in [0.717, 1.165) is 57.0 Å². The molecule has 0 amide bonds. The molecule has 7 heteroatoms. The zero-order valence-electron chi connectivity index (χ0n) is 13.5. The number of nitro groups is 1. The summed E-state index contributed by atoms with van der Waals surface area (Å²) in [5, 5.41) is 14.4. The number of likely N-dealkylation sites (tertiary alicyclic amines) is 1. The molecule has 126 valence electrons. The molecule has 1 aromatic carbocycles. The molecule has 0 radical (unpaired) electrons. The van der Waals surface area contributed by atoms with Crippen molar-refractivity contribution in [3.8, 4) is 5.75 Å². The summed E-state index contributed by atoms with van der Waals surface area (Å²) in [6.07, 6.45) is 1.16. The van der Waals surface area contributed by atoms with E-state index >= 15 is 0 Å². The molecule has 1 N–H and O–H groups in total. The van der Waals surface area contributed by atoms with E-state index in [1.54, 1.807) is 19.2 Å². The van der Waals surface area contributed by atoms with Gasteiger partial charge in [-0.1, -0.05) is 0 Å². The Bertz CT molecular complexity index is 560. The van der Waals surface area contributed by atoms with Crippen LogP contribution in [0.5, 0.6) is 5.75 Å². The molecule has 0 saturated carbocycles. The third kappa shape index (κ3) is 3.80. The van der Waals surface area contributed by atoms with Crippen molar-refractivity contribution < 1.29 is 9.66 Å². The summed E-state index contributed by atoms with van der Waals surface area (Å²) in [5.41, 5.74) is 1.02. The minimum absolute atomic E-state index is 0.124. The second-order valence-electron chi connectivity index (χ2n) is 6.22. The van der Waals surface area contributed by atoms with Gasteiger partial charge in [-0.2, -0.15) is 0 Å². The molecule has 2 heterocycles. The van der Waals surface area contributed by atoms with Crippen molar-refractivity contribution in [2.45, 2.75) is 19.0 Å². The van der Waals surface area contributed by atoms with Crippen LogP contribution in [-0.4, -0.2) is 67.1 Å². The number of nitro benzene ring substituents is 1. The van der Waals surface area contributed by atoms with Gasteiger partial charge in [0.05, 0.1) is 12.0 Å². The number of hydrogen-bond donors (Lipinski definition) is 1. The van der Waals surface area contributed by atoms with Gasteiger partial charge in [-0.3, -0.25) is 19.9 Å². The first-order valence-corrected chi connectivity index (χ1v) is 8.16. The van der Waals surface area contributed by atoms with Crippen molar-refractivity contribution in [1.29, 1.82) is 0 Å². The average molecular weight is 320 g/mol. The van der Waals surface area contributed by atoms with Crippen molar-refractivity contribution in [2.24, 2.45) is 0 Å². The van der Waals surface area contributed by atoms with E-state index in [9.17, 15) is 10.1 Å². The van der Waals surface area contributed by atoms with Gasteiger partial charge in [-0.05, 0) is 12.5 Å². The molecule has 2 fully saturated rings. The fourth-order valence-electron chi connectivity index (χ4n) is 3.54. The maximum absolute atomic E-state index is 11.0. The zero-order valence-corrected chi connectivity index (χ0v) is 13.5. The predicted molar refractivity (Wildman–Crippen MR) is 87.8 cm³/mol. The number of nitrogens with zero attached hydrogens (tertiary/aromatic N) is 3. The van der Waals surface area contributed by atoms with Crippen molar-refractivity contribution in [2.75, 3.05) is 46.4 Å². The van der Waals surface area contributed by atoms with Gasteiger partial charge in [-0.25, -0.2) is 0 Å². The van der Waals surface area contributed by atoms with Gasteiger partial charge in [0.15, 0.2) is 0 Å². The highest BCUT2D eigenvalue weighted by Gasteiger charge is 2.29. The second-order valence-corrected chi connectivity index (χ2v) is 6.22. The normalized spacial score (nSPS) is 23.1. The van der Waals surface area contributed by atoms with Crippen LogP contribution < -0.4 is 10.1 Å². The number of hydrogen-bond acceptors (Lipinski definition) is 6. The topological polar surface area (TPSA) is 70.9 Å². The Morgan fingerprint density at radius 3 is 2.83 bits per heavy atom. The van der Waals surface area contributed by atoms with Gasteiger partial charge in [-0.15, -0.1) is 0 Å². The molecule has 1 unspecified atom stereocenters. The average Bonchev–Trinajstić information content (AvgIpc) is 3.04. The van der Waals surface area contributed by atoms with Crippen LogP contribution in [-0.2, 0) is 6.54 Å². The molecule has 0 bridgehead atoms. The molecule has 2 aliphatic rings. The number of benzene rings is 1. The van der Waals surface area contributed by atoms with E-state index < -0.39 is 0 Å². The molecule has 1 atom stereocenters. The summed E-state index contributed by atoms with van der Waals surface area (Å²) in [6, 6.07) is 5.42. The maximum atomic E-state index is 11.0. The fourth-order valence-corrected chi connectivity index (χ4v) is 3.54. The van der Waals surface area contributed by atoms with E-state index in [4.69, 9.17) is 4.74 Å². The first-order valence-electron chi connectivity index (χ1n) is 8.16. The van der Waals surface area contributed by atoms with E-state index in [0.29, 0.717) is 12.6 Å². The van der Waals surface area contributed by atoms with Gasteiger partial charge in [0, 0.05) is 69.6 Å². The second kappa shape index (κ2) is 7.25. The van der Waals surface area contributed by atoms with Crippen molar-refractivity contribution in [3.05, 3.63) is 33.9 Å². The van der Waals surface area contributed by atoms with Gasteiger partial charge in [0.1, 0.15) is 5.75 Å². The molecule has 0 aromatic heterocycles. The van der Waals surface area contributed by atoms with Crippen LogP contribution in [0.4, 0.5) is 5.69 Å². The van der Waals surface area contributed by atoms with Gasteiger partial charge in [0.2, 0.25) is 0 Å². The standard InChI is InChI=1S/C16H24N4O3/c1-23-16-3-2-14(20(21)22)10-13(16)11-18-7-4-15(12-18)19-8-5-17-6-9-19/h2-3,10,15,17H,4-9,11-12H2,1H3. The highest BCUT2D eigenvalue weighted by Crippen LogP contribution is 2.27. The predicted octanol–water partition coefficient (Wildman–Crippen LogP) is 1.08. The van der Waals surface area contributed by atoms with Crippen LogP contribution >= 0.6 is 0 Å². The summed E-state index contributed by atoms with van der Waals surface area (Å²) in [4.78, 5) is 15.6. The van der Waals surface area contributed by atoms with Gasteiger partial charge in [0.25, 0.3) is 5.69 Å². The van der Waals surface area contributed by atoms with Crippen molar-refractivity contribution in [1.82, 2.24) is 15.1 Å². The summed E-state index contributed by atoms with van der Waals surface area (Å²) in [7, 11) is 1.61. The monoisotopic (exact) mass is 320 g/mol. The van der Waals surface area contributed by atoms with Gasteiger partial charge >= 0.3 is 0 Å². The summed E-state index contributed by atoms with van der Waals surface area (Å²) in [6.45, 7) is 7.10. The largest absolute Gasteiger partial charge is 0.496 e. The van der Waals surface area contributed by atoms with Crippen LogP contribution in [0.2, 0.25) is 0 Å². The summed E-state index contributed by atoms with van der Waals surface area (Å²) in [5.74, 6) is 0.723. The Hall–Kier alpha value is -1.70. The minimum atomic E-state index is -0.351. The van der Waals surface area contributed by atoms with Gasteiger partial charge < -0.3 is 10.1 Å². The van der Waals surface area contributed by atoms with Crippen LogP contribution in [0.15, 0.2) is 18.2 Å². The molecule has 1 aromatic rings. The third-order valence-corrected chi connectivity index (χ3v) is 4.78. The quantitative estimate of drug-likeness (QED) is 0.647. The van der Waals surface area contributed by atoms with Crippen LogP contribution in [0.25, 0.3) is 0 Å². The van der Waals surface area contributed by atoms with E-state index in [1.807, 2.05) is 0 Å². The Morgan fingerprint density at radius 2 is 2.13 bits per heavy atom. The molecule has 0 spiro atoms. The first kappa shape index (κ1) is 16.2. The highest BCUT2D eigenvalue weighted by molar-refractivity contribution is 5.43.